The van der Waals surface area contributed by atoms with Gasteiger partial charge in [-0.3, -0.25) is 9.59 Å². The van der Waals surface area contributed by atoms with Gasteiger partial charge < -0.3 is 44.2 Å². The summed E-state index contributed by atoms with van der Waals surface area (Å²) in [5.74, 6) is -0.826. The molecule has 0 radical (unpaired) electrons. The summed E-state index contributed by atoms with van der Waals surface area (Å²) in [5.41, 5.74) is -0.0532. The molecule has 5 atom stereocenters. The normalized spacial score (nSPS) is 23.9. The van der Waals surface area contributed by atoms with Crippen LogP contribution in [0.2, 0.25) is 0 Å². The van der Waals surface area contributed by atoms with Gasteiger partial charge in [0, 0.05) is 30.2 Å². The van der Waals surface area contributed by atoms with Crippen molar-refractivity contribution in [3.8, 4) is 28.6 Å². The van der Waals surface area contributed by atoms with E-state index in [0.717, 1.165) is 6.07 Å². The van der Waals surface area contributed by atoms with E-state index in [-0.39, 0.29) is 41.3 Å². The molecule has 11 heteroatoms. The fourth-order valence-corrected chi connectivity index (χ4v) is 3.82. The molecule has 0 unspecified atom stereocenters. The van der Waals surface area contributed by atoms with Crippen LogP contribution in [0.1, 0.15) is 19.8 Å². The van der Waals surface area contributed by atoms with Crippen LogP contribution < -0.4 is 10.2 Å². The third-order valence-corrected chi connectivity index (χ3v) is 5.72. The monoisotopic (exact) mass is 502 g/mol. The molecule has 1 saturated heterocycles. The molecule has 0 spiro atoms. The maximum atomic E-state index is 12.6. The molecule has 4 rings (SSSR count). The van der Waals surface area contributed by atoms with E-state index in [1.807, 2.05) is 0 Å². The van der Waals surface area contributed by atoms with Crippen LogP contribution in [-0.2, 0) is 14.3 Å². The first kappa shape index (κ1) is 25.5. The number of rotatable bonds is 7. The number of fused-ring (bicyclic) bond motifs is 1. The number of carbonyl (C=O) groups excluding carboxylic acids is 1. The van der Waals surface area contributed by atoms with Gasteiger partial charge in [-0.05, 0) is 30.7 Å². The van der Waals surface area contributed by atoms with Crippen LogP contribution in [0.5, 0.6) is 17.2 Å². The molecular formula is C25H26O11. The van der Waals surface area contributed by atoms with Crippen molar-refractivity contribution >= 4 is 16.9 Å². The van der Waals surface area contributed by atoms with Crippen LogP contribution in [0.3, 0.4) is 0 Å². The summed E-state index contributed by atoms with van der Waals surface area (Å²) in [6, 6.07) is 9.55. The lowest BCUT2D eigenvalue weighted by Gasteiger charge is -2.39. The summed E-state index contributed by atoms with van der Waals surface area (Å²) in [5, 5.41) is 50.7. The van der Waals surface area contributed by atoms with Gasteiger partial charge in [0.1, 0.15) is 65.0 Å². The van der Waals surface area contributed by atoms with Crippen molar-refractivity contribution in [1.82, 2.24) is 0 Å². The van der Waals surface area contributed by atoms with E-state index in [2.05, 4.69) is 0 Å². The first-order chi connectivity index (χ1) is 17.2. The molecule has 1 aliphatic heterocycles. The fraction of sp³-hybridized carbons (Fsp3) is 0.360. The zero-order valence-corrected chi connectivity index (χ0v) is 19.2. The Morgan fingerprint density at radius 3 is 2.42 bits per heavy atom. The number of aliphatic hydroxyl groups is 3. The van der Waals surface area contributed by atoms with E-state index in [4.69, 9.17) is 18.6 Å². The zero-order chi connectivity index (χ0) is 26.0. The standard InChI is InChI=1S/C25H26O11/c1-2-3-20(29)33-11-19-22(30)23(31)24(32)25(36-19)34-14-8-15(27)21-16(28)10-17(35-18(21)9-14)12-4-6-13(26)7-5-12/h4-10,19,22-27,30-32H,2-3,11H2,1H3/t19-,22-,23+,24-,25-/m1/s1. The van der Waals surface area contributed by atoms with Crippen molar-refractivity contribution in [2.24, 2.45) is 0 Å². The van der Waals surface area contributed by atoms with Gasteiger partial charge >= 0.3 is 5.97 Å². The van der Waals surface area contributed by atoms with Crippen molar-refractivity contribution in [3.05, 3.63) is 52.7 Å². The highest BCUT2D eigenvalue weighted by Gasteiger charge is 2.45. The highest BCUT2D eigenvalue weighted by atomic mass is 16.7. The molecule has 0 bridgehead atoms. The molecule has 3 aromatic rings. The van der Waals surface area contributed by atoms with Gasteiger partial charge in [0.25, 0.3) is 0 Å². The van der Waals surface area contributed by atoms with Gasteiger partial charge in [-0.2, -0.15) is 0 Å². The van der Waals surface area contributed by atoms with Crippen molar-refractivity contribution in [2.75, 3.05) is 6.61 Å². The minimum absolute atomic E-state index is 0.0310. The van der Waals surface area contributed by atoms with Crippen molar-refractivity contribution in [1.29, 1.82) is 0 Å². The first-order valence-corrected chi connectivity index (χ1v) is 11.3. The number of phenols is 2. The SMILES string of the molecule is CCCC(=O)OC[C@H]1O[C@@H](Oc2cc(O)c3c(=O)cc(-c4ccc(O)cc4)oc3c2)[C@H](O)[C@@H](O)[C@@H]1O. The lowest BCUT2D eigenvalue weighted by Crippen LogP contribution is -2.60. The smallest absolute Gasteiger partial charge is 0.305 e. The number of hydrogen-bond acceptors (Lipinski definition) is 11. The maximum absolute atomic E-state index is 12.6. The molecule has 11 nitrogen and oxygen atoms in total. The van der Waals surface area contributed by atoms with Gasteiger partial charge in [0.2, 0.25) is 6.29 Å². The second-order valence-electron chi connectivity index (χ2n) is 8.40. The molecule has 2 aromatic carbocycles. The fourth-order valence-electron chi connectivity index (χ4n) is 3.82. The Hall–Kier alpha value is -3.64. The predicted octanol–water partition coefficient (Wildman–Crippen LogP) is 1.40. The van der Waals surface area contributed by atoms with Crippen LogP contribution in [0, 0.1) is 0 Å². The molecule has 1 aliphatic rings. The lowest BCUT2D eigenvalue weighted by molar-refractivity contribution is -0.278. The summed E-state index contributed by atoms with van der Waals surface area (Å²) in [6.07, 6.45) is -6.88. The van der Waals surface area contributed by atoms with Gasteiger partial charge in [-0.25, -0.2) is 0 Å². The highest BCUT2D eigenvalue weighted by Crippen LogP contribution is 2.33. The van der Waals surface area contributed by atoms with Gasteiger partial charge in [-0.1, -0.05) is 6.92 Å². The molecule has 1 fully saturated rings. The van der Waals surface area contributed by atoms with Crippen molar-refractivity contribution < 1.29 is 49.0 Å². The van der Waals surface area contributed by atoms with Crippen LogP contribution >= 0.6 is 0 Å². The van der Waals surface area contributed by atoms with E-state index in [0.29, 0.717) is 12.0 Å². The molecule has 1 aromatic heterocycles. The average molecular weight is 502 g/mol. The van der Waals surface area contributed by atoms with Gasteiger partial charge in [0.15, 0.2) is 5.43 Å². The van der Waals surface area contributed by atoms with Crippen molar-refractivity contribution in [2.45, 2.75) is 50.5 Å². The third-order valence-electron chi connectivity index (χ3n) is 5.72. The molecule has 5 N–H and O–H groups in total. The van der Waals surface area contributed by atoms with E-state index >= 15 is 0 Å². The minimum atomic E-state index is -1.68. The largest absolute Gasteiger partial charge is 0.508 e. The van der Waals surface area contributed by atoms with Crippen molar-refractivity contribution in [3.63, 3.8) is 0 Å². The topological polar surface area (TPSA) is 176 Å². The second-order valence-corrected chi connectivity index (χ2v) is 8.40. The van der Waals surface area contributed by atoms with Crippen LogP contribution in [0.15, 0.2) is 51.7 Å². The summed E-state index contributed by atoms with van der Waals surface area (Å²) in [6.45, 7) is 1.42. The summed E-state index contributed by atoms with van der Waals surface area (Å²) < 4.78 is 22.0. The number of esters is 1. The van der Waals surface area contributed by atoms with Gasteiger partial charge in [-0.15, -0.1) is 0 Å². The number of hydrogen-bond donors (Lipinski definition) is 5. The lowest BCUT2D eigenvalue weighted by atomic mass is 9.99. The molecule has 2 heterocycles. The highest BCUT2D eigenvalue weighted by molar-refractivity contribution is 5.86. The van der Waals surface area contributed by atoms with E-state index in [1.54, 1.807) is 19.1 Å². The number of phenolic OH excluding ortho intramolecular Hbond substituents is 2. The van der Waals surface area contributed by atoms with Crippen LogP contribution in [-0.4, -0.2) is 68.8 Å². The average Bonchev–Trinajstić information content (AvgIpc) is 2.83. The molecule has 0 aliphatic carbocycles. The third kappa shape index (κ3) is 5.29. The zero-order valence-electron chi connectivity index (χ0n) is 19.2. The Morgan fingerprint density at radius 1 is 1.00 bits per heavy atom. The summed E-state index contributed by atoms with van der Waals surface area (Å²) in [4.78, 5) is 24.3. The summed E-state index contributed by atoms with van der Waals surface area (Å²) in [7, 11) is 0. The molecule has 0 amide bonds. The Morgan fingerprint density at radius 2 is 1.72 bits per heavy atom. The quantitative estimate of drug-likeness (QED) is 0.295. The Kier molecular flexibility index (Phi) is 7.45. The number of aliphatic hydroxyl groups excluding tert-OH is 3. The van der Waals surface area contributed by atoms with E-state index < -0.39 is 47.9 Å². The number of benzene rings is 2. The predicted molar refractivity (Wildman–Crippen MR) is 124 cm³/mol. The maximum Gasteiger partial charge on any atom is 0.305 e. The molecule has 0 saturated carbocycles. The van der Waals surface area contributed by atoms with E-state index in [1.165, 1.54) is 24.3 Å². The second kappa shape index (κ2) is 10.5. The number of ether oxygens (including phenoxy) is 3. The molecule has 36 heavy (non-hydrogen) atoms. The molecule has 192 valence electrons. The van der Waals surface area contributed by atoms with Crippen LogP contribution in [0.4, 0.5) is 0 Å². The van der Waals surface area contributed by atoms with Crippen LogP contribution in [0.25, 0.3) is 22.3 Å². The Labute approximate surface area is 204 Å². The Bertz CT molecular complexity index is 1280. The number of aromatic hydroxyl groups is 2. The molecular weight excluding hydrogens is 476 g/mol. The van der Waals surface area contributed by atoms with Gasteiger partial charge in [0.05, 0.1) is 0 Å². The first-order valence-electron chi connectivity index (χ1n) is 11.3. The number of carbonyl (C=O) groups is 1. The Balaban J connectivity index is 1.60. The minimum Gasteiger partial charge on any atom is -0.508 e. The summed E-state index contributed by atoms with van der Waals surface area (Å²) >= 11 is 0. The van der Waals surface area contributed by atoms with E-state index in [9.17, 15) is 35.1 Å².